The van der Waals surface area contributed by atoms with Gasteiger partial charge in [-0.2, -0.15) is 0 Å². The van der Waals surface area contributed by atoms with Gasteiger partial charge < -0.3 is 25.1 Å². The molecule has 0 aromatic rings. The highest BCUT2D eigenvalue weighted by atomic mass is 16.6. The lowest BCUT2D eigenvalue weighted by molar-refractivity contribution is -0.00427. The molecule has 2 aliphatic rings. The lowest BCUT2D eigenvalue weighted by Crippen LogP contribution is -2.35. The Hall–Kier alpha value is -0.850. The third kappa shape index (κ3) is 1.48. The fraction of sp³-hybridized carbons (Fsp3) is 0.857. The molecule has 2 rings (SSSR count). The number of nitrogens with two attached hydrogens (primary N) is 1. The first-order chi connectivity index (χ1) is 6.18. The summed E-state index contributed by atoms with van der Waals surface area (Å²) in [5.41, 5.74) is 4.85. The van der Waals surface area contributed by atoms with Gasteiger partial charge in [0.2, 0.25) is 0 Å². The van der Waals surface area contributed by atoms with Gasteiger partial charge in [-0.25, -0.2) is 4.79 Å². The maximum Gasteiger partial charge on any atom is 0.404 e. The molecule has 2 saturated heterocycles. The monoisotopic (exact) mass is 189 g/mol. The molecule has 4 unspecified atom stereocenters. The second-order valence-corrected chi connectivity index (χ2v) is 3.14. The van der Waals surface area contributed by atoms with Crippen molar-refractivity contribution >= 4 is 6.09 Å². The van der Waals surface area contributed by atoms with Crippen molar-refractivity contribution in [3.63, 3.8) is 0 Å². The molecule has 0 spiro atoms. The van der Waals surface area contributed by atoms with Crippen LogP contribution in [0.25, 0.3) is 0 Å². The van der Waals surface area contributed by atoms with E-state index in [0.717, 1.165) is 0 Å². The topological polar surface area (TPSA) is 91.0 Å². The Balaban J connectivity index is 1.98. The van der Waals surface area contributed by atoms with Crippen LogP contribution in [0.15, 0.2) is 0 Å². The van der Waals surface area contributed by atoms with Crippen molar-refractivity contribution in [1.29, 1.82) is 0 Å². The van der Waals surface area contributed by atoms with Crippen molar-refractivity contribution in [3.05, 3.63) is 0 Å². The third-order valence-corrected chi connectivity index (χ3v) is 2.25. The second-order valence-electron chi connectivity index (χ2n) is 3.14. The highest BCUT2D eigenvalue weighted by Crippen LogP contribution is 2.28. The normalized spacial score (nSPS) is 43.2. The molecule has 0 saturated carbocycles. The largest absolute Gasteiger partial charge is 0.441 e. The molecule has 0 bridgehead atoms. The first-order valence-corrected chi connectivity index (χ1v) is 4.06. The Bertz CT molecular complexity index is 221. The molecule has 13 heavy (non-hydrogen) atoms. The van der Waals surface area contributed by atoms with Gasteiger partial charge in [-0.3, -0.25) is 0 Å². The van der Waals surface area contributed by atoms with Gasteiger partial charge in [-0.1, -0.05) is 0 Å². The number of fused-ring (bicyclic) bond motifs is 1. The molecule has 0 aromatic heterocycles. The van der Waals surface area contributed by atoms with E-state index in [0.29, 0.717) is 0 Å². The first-order valence-electron chi connectivity index (χ1n) is 4.06. The quantitative estimate of drug-likeness (QED) is 0.530. The van der Waals surface area contributed by atoms with Crippen LogP contribution in [-0.2, 0) is 14.2 Å². The molecule has 2 heterocycles. The summed E-state index contributed by atoms with van der Waals surface area (Å²) in [5, 5.41) is 9.33. The van der Waals surface area contributed by atoms with Crippen LogP contribution in [0, 0.1) is 0 Å². The minimum Gasteiger partial charge on any atom is -0.441 e. The molecule has 6 heteroatoms. The van der Waals surface area contributed by atoms with Crippen LogP contribution in [-0.4, -0.2) is 48.8 Å². The summed E-state index contributed by atoms with van der Waals surface area (Å²) in [4.78, 5) is 10.5. The van der Waals surface area contributed by atoms with Gasteiger partial charge >= 0.3 is 6.09 Å². The summed E-state index contributed by atoms with van der Waals surface area (Å²) < 4.78 is 15.1. The van der Waals surface area contributed by atoms with Gasteiger partial charge in [0.15, 0.2) is 6.10 Å². The van der Waals surface area contributed by atoms with Crippen LogP contribution < -0.4 is 5.73 Å². The fourth-order valence-corrected chi connectivity index (χ4v) is 1.69. The molecule has 0 aliphatic carbocycles. The first kappa shape index (κ1) is 8.74. The van der Waals surface area contributed by atoms with Gasteiger partial charge in [0.05, 0.1) is 13.2 Å². The lowest BCUT2D eigenvalue weighted by Gasteiger charge is -2.14. The standard InChI is InChI=1S/C7H11NO5/c8-7(10)13-4-2-12-5-3(9)1-11-6(4)5/h3-6,9H,1-2H2,(H2,8,10). The van der Waals surface area contributed by atoms with Crippen LogP contribution >= 0.6 is 0 Å². The minimum absolute atomic E-state index is 0.216. The Morgan fingerprint density at radius 2 is 2.08 bits per heavy atom. The number of hydrogen-bond donors (Lipinski definition) is 2. The molecule has 0 radical (unpaired) electrons. The van der Waals surface area contributed by atoms with E-state index in [-0.39, 0.29) is 25.4 Å². The summed E-state index contributed by atoms with van der Waals surface area (Å²) >= 11 is 0. The van der Waals surface area contributed by atoms with Gasteiger partial charge in [0.1, 0.15) is 18.3 Å². The molecule has 2 fully saturated rings. The van der Waals surface area contributed by atoms with Crippen molar-refractivity contribution in [1.82, 2.24) is 0 Å². The number of aliphatic hydroxyl groups is 1. The van der Waals surface area contributed by atoms with Gasteiger partial charge in [-0.15, -0.1) is 0 Å². The molecular formula is C7H11NO5. The van der Waals surface area contributed by atoms with Crippen LogP contribution in [0.1, 0.15) is 0 Å². The zero-order valence-electron chi connectivity index (χ0n) is 6.88. The van der Waals surface area contributed by atoms with Crippen molar-refractivity contribution in [2.24, 2.45) is 5.73 Å². The Labute approximate surface area is 74.6 Å². The average molecular weight is 189 g/mol. The number of rotatable bonds is 1. The van der Waals surface area contributed by atoms with E-state index in [2.05, 4.69) is 0 Å². The van der Waals surface area contributed by atoms with Crippen LogP contribution in [0.3, 0.4) is 0 Å². The molecule has 2 aliphatic heterocycles. The highest BCUT2D eigenvalue weighted by molar-refractivity contribution is 5.64. The van der Waals surface area contributed by atoms with Crippen molar-refractivity contribution in [2.75, 3.05) is 13.2 Å². The minimum atomic E-state index is -0.848. The summed E-state index contributed by atoms with van der Waals surface area (Å²) in [6, 6.07) is 0. The van der Waals surface area contributed by atoms with E-state index in [1.165, 1.54) is 0 Å². The van der Waals surface area contributed by atoms with Crippen molar-refractivity contribution in [2.45, 2.75) is 24.4 Å². The maximum atomic E-state index is 10.5. The molecular weight excluding hydrogens is 178 g/mol. The number of primary amides is 1. The van der Waals surface area contributed by atoms with E-state index in [9.17, 15) is 9.90 Å². The van der Waals surface area contributed by atoms with E-state index in [4.69, 9.17) is 19.9 Å². The smallest absolute Gasteiger partial charge is 0.404 e. The lowest BCUT2D eigenvalue weighted by atomic mass is 10.1. The summed E-state index contributed by atoms with van der Waals surface area (Å²) in [6.07, 6.45) is -2.72. The Morgan fingerprint density at radius 1 is 1.38 bits per heavy atom. The maximum absolute atomic E-state index is 10.5. The highest BCUT2D eigenvalue weighted by Gasteiger charge is 2.48. The summed E-state index contributed by atoms with van der Waals surface area (Å²) in [6.45, 7) is 0.448. The number of ether oxygens (including phenoxy) is 3. The predicted octanol–water partition coefficient (Wildman–Crippen LogP) is -1.39. The number of aliphatic hydroxyl groups excluding tert-OH is 1. The molecule has 0 aromatic carbocycles. The average Bonchev–Trinajstić information content (AvgIpc) is 2.56. The van der Waals surface area contributed by atoms with E-state index < -0.39 is 18.3 Å². The molecule has 74 valence electrons. The van der Waals surface area contributed by atoms with Crippen LogP contribution in [0.2, 0.25) is 0 Å². The SMILES string of the molecule is NC(=O)OC1COC2C(O)COC12. The van der Waals surface area contributed by atoms with Gasteiger partial charge in [-0.05, 0) is 0 Å². The number of amides is 1. The van der Waals surface area contributed by atoms with Crippen molar-refractivity contribution < 1.29 is 24.1 Å². The fourth-order valence-electron chi connectivity index (χ4n) is 1.69. The second kappa shape index (κ2) is 3.13. The zero-order chi connectivity index (χ0) is 9.42. The summed E-state index contributed by atoms with van der Waals surface area (Å²) in [5.74, 6) is 0. The molecule has 4 atom stereocenters. The van der Waals surface area contributed by atoms with Crippen LogP contribution in [0.5, 0.6) is 0 Å². The zero-order valence-corrected chi connectivity index (χ0v) is 6.88. The van der Waals surface area contributed by atoms with E-state index >= 15 is 0 Å². The predicted molar refractivity (Wildman–Crippen MR) is 39.9 cm³/mol. The third-order valence-electron chi connectivity index (χ3n) is 2.25. The molecule has 1 amide bonds. The number of carbonyl (C=O) groups is 1. The van der Waals surface area contributed by atoms with Crippen LogP contribution in [0.4, 0.5) is 4.79 Å². The summed E-state index contributed by atoms with van der Waals surface area (Å²) in [7, 11) is 0. The van der Waals surface area contributed by atoms with Gasteiger partial charge in [0.25, 0.3) is 0 Å². The molecule has 3 N–H and O–H groups in total. The molecule has 6 nitrogen and oxygen atoms in total. The number of hydrogen-bond acceptors (Lipinski definition) is 5. The number of carbonyl (C=O) groups excluding carboxylic acids is 1. The van der Waals surface area contributed by atoms with Crippen molar-refractivity contribution in [3.8, 4) is 0 Å². The van der Waals surface area contributed by atoms with Gasteiger partial charge in [0, 0.05) is 0 Å². The van der Waals surface area contributed by atoms with E-state index in [1.807, 2.05) is 0 Å². The van der Waals surface area contributed by atoms with E-state index in [1.54, 1.807) is 0 Å². The Kier molecular flexibility index (Phi) is 2.10. The Morgan fingerprint density at radius 3 is 2.77 bits per heavy atom.